The van der Waals surface area contributed by atoms with Crippen molar-refractivity contribution in [2.24, 2.45) is 0 Å². The summed E-state index contributed by atoms with van der Waals surface area (Å²) in [5.41, 5.74) is 0.355. The first kappa shape index (κ1) is 14.9. The molecular weight excluding hydrogens is 284 g/mol. The van der Waals surface area contributed by atoms with E-state index < -0.39 is 22.2 Å². The molecule has 0 spiro atoms. The molecule has 2 rings (SSSR count). The van der Waals surface area contributed by atoms with Gasteiger partial charge in [-0.05, 0) is 24.3 Å². The molecule has 0 saturated carbocycles. The molecule has 2 atom stereocenters. The third kappa shape index (κ3) is 2.68. The third-order valence-corrected chi connectivity index (χ3v) is 5.05. The first-order valence-corrected chi connectivity index (χ1v) is 7.48. The summed E-state index contributed by atoms with van der Waals surface area (Å²) in [5.74, 6) is -0.305. The second kappa shape index (κ2) is 5.49. The van der Waals surface area contributed by atoms with E-state index in [2.05, 4.69) is 5.32 Å². The minimum Gasteiger partial charge on any atom is -0.389 e. The Labute approximate surface area is 116 Å². The van der Waals surface area contributed by atoms with E-state index in [0.29, 0.717) is 5.56 Å². The van der Waals surface area contributed by atoms with Gasteiger partial charge in [-0.1, -0.05) is 0 Å². The van der Waals surface area contributed by atoms with Crippen LogP contribution in [-0.2, 0) is 10.0 Å². The van der Waals surface area contributed by atoms with Gasteiger partial charge >= 0.3 is 0 Å². The molecule has 0 unspecified atom stereocenters. The summed E-state index contributed by atoms with van der Waals surface area (Å²) in [7, 11) is -2.29. The maximum absolute atomic E-state index is 12.3. The Morgan fingerprint density at radius 2 is 1.70 bits per heavy atom. The molecule has 0 aliphatic carbocycles. The number of nitrogens with zero attached hydrogens (tertiary/aromatic N) is 1. The highest BCUT2D eigenvalue weighted by molar-refractivity contribution is 7.89. The topological polar surface area (TPSA) is 107 Å². The number of aliphatic hydroxyl groups excluding tert-OH is 2. The molecule has 1 saturated heterocycles. The summed E-state index contributed by atoms with van der Waals surface area (Å²) in [6, 6.07) is 5.48. The van der Waals surface area contributed by atoms with Crippen molar-refractivity contribution in [1.82, 2.24) is 9.62 Å². The van der Waals surface area contributed by atoms with Crippen molar-refractivity contribution in [3.05, 3.63) is 29.8 Å². The first-order chi connectivity index (χ1) is 9.36. The monoisotopic (exact) mass is 300 g/mol. The first-order valence-electron chi connectivity index (χ1n) is 6.04. The molecule has 20 heavy (non-hydrogen) atoms. The number of hydrogen-bond donors (Lipinski definition) is 3. The standard InChI is InChI=1S/C12H16N2O5S/c1-13-12(17)8-2-4-9(5-3-8)20(18,19)14-6-10(15)11(16)7-14/h2-5,10-11,15-16H,6-7H2,1H3,(H,13,17)/t10-,11+. The van der Waals surface area contributed by atoms with Gasteiger partial charge in [0.25, 0.3) is 5.91 Å². The normalized spacial score (nSPS) is 23.8. The molecule has 0 bridgehead atoms. The minimum absolute atomic E-state index is 0.0199. The number of rotatable bonds is 3. The predicted molar refractivity (Wildman–Crippen MR) is 70.6 cm³/mol. The predicted octanol–water partition coefficient (Wildman–Crippen LogP) is -1.23. The van der Waals surface area contributed by atoms with E-state index in [1.54, 1.807) is 0 Å². The van der Waals surface area contributed by atoms with Gasteiger partial charge in [0.1, 0.15) is 0 Å². The van der Waals surface area contributed by atoms with E-state index in [1.807, 2.05) is 0 Å². The highest BCUT2D eigenvalue weighted by Gasteiger charge is 2.37. The average Bonchev–Trinajstić information content (AvgIpc) is 2.78. The number of aliphatic hydroxyl groups is 2. The third-order valence-electron chi connectivity index (χ3n) is 3.21. The molecule has 0 radical (unpaired) electrons. The van der Waals surface area contributed by atoms with Crippen LogP contribution in [0.2, 0.25) is 0 Å². The Hall–Kier alpha value is -1.48. The molecule has 1 amide bonds. The van der Waals surface area contributed by atoms with Crippen molar-refractivity contribution in [2.75, 3.05) is 20.1 Å². The summed E-state index contributed by atoms with van der Waals surface area (Å²) >= 11 is 0. The fourth-order valence-electron chi connectivity index (χ4n) is 2.00. The van der Waals surface area contributed by atoms with Gasteiger partial charge in [0.2, 0.25) is 10.0 Å². The average molecular weight is 300 g/mol. The van der Waals surface area contributed by atoms with Crippen LogP contribution in [0.3, 0.4) is 0 Å². The Morgan fingerprint density at radius 3 is 2.15 bits per heavy atom. The van der Waals surface area contributed by atoms with E-state index in [-0.39, 0.29) is 23.9 Å². The zero-order valence-electron chi connectivity index (χ0n) is 10.9. The SMILES string of the molecule is CNC(=O)c1ccc(S(=O)(=O)N2C[C@@H](O)[C@@H](O)C2)cc1. The molecule has 7 nitrogen and oxygen atoms in total. The van der Waals surface area contributed by atoms with E-state index in [4.69, 9.17) is 0 Å². The Morgan fingerprint density at radius 1 is 1.20 bits per heavy atom. The highest BCUT2D eigenvalue weighted by atomic mass is 32.2. The molecule has 1 aromatic rings. The molecule has 3 N–H and O–H groups in total. The van der Waals surface area contributed by atoms with Crippen molar-refractivity contribution in [3.63, 3.8) is 0 Å². The zero-order valence-corrected chi connectivity index (χ0v) is 11.7. The molecule has 110 valence electrons. The number of benzene rings is 1. The number of nitrogens with one attached hydrogen (secondary N) is 1. The lowest BCUT2D eigenvalue weighted by molar-refractivity contribution is 0.0572. The fraction of sp³-hybridized carbons (Fsp3) is 0.417. The molecule has 8 heteroatoms. The van der Waals surface area contributed by atoms with Gasteiger partial charge in [0, 0.05) is 25.7 Å². The number of β-amino-alcohol motifs (C(OH)–C–C–N with tert-alkyl or cyclic N) is 2. The summed E-state index contributed by atoms with van der Waals surface area (Å²) in [6.45, 7) is -0.276. The van der Waals surface area contributed by atoms with Crippen LogP contribution in [0.15, 0.2) is 29.2 Å². The molecule has 1 heterocycles. The molecule has 1 aliphatic heterocycles. The Bertz CT molecular complexity index is 589. The van der Waals surface area contributed by atoms with E-state index in [9.17, 15) is 23.4 Å². The molecule has 0 aromatic heterocycles. The van der Waals surface area contributed by atoms with Crippen molar-refractivity contribution < 1.29 is 23.4 Å². The number of amides is 1. The van der Waals surface area contributed by atoms with Crippen molar-refractivity contribution in [1.29, 1.82) is 0 Å². The number of sulfonamides is 1. The van der Waals surface area contributed by atoms with Crippen LogP contribution in [0.25, 0.3) is 0 Å². The quantitative estimate of drug-likeness (QED) is 0.648. The number of carbonyl (C=O) groups excluding carboxylic acids is 1. The fourth-order valence-corrected chi connectivity index (χ4v) is 3.48. The lowest BCUT2D eigenvalue weighted by Gasteiger charge is -2.15. The smallest absolute Gasteiger partial charge is 0.251 e. The van der Waals surface area contributed by atoms with Crippen LogP contribution in [0, 0.1) is 0 Å². The van der Waals surface area contributed by atoms with Gasteiger partial charge in [0.05, 0.1) is 17.1 Å². The molecule has 1 fully saturated rings. The van der Waals surface area contributed by atoms with E-state index in [0.717, 1.165) is 4.31 Å². The number of hydrogen-bond acceptors (Lipinski definition) is 5. The summed E-state index contributed by atoms with van der Waals surface area (Å²) in [6.07, 6.45) is -2.15. The van der Waals surface area contributed by atoms with Gasteiger partial charge < -0.3 is 15.5 Å². The van der Waals surface area contributed by atoms with Crippen LogP contribution in [0.4, 0.5) is 0 Å². The van der Waals surface area contributed by atoms with Crippen molar-refractivity contribution in [2.45, 2.75) is 17.1 Å². The van der Waals surface area contributed by atoms with Crippen LogP contribution in [-0.4, -0.2) is 61.2 Å². The second-order valence-corrected chi connectivity index (χ2v) is 6.50. The maximum atomic E-state index is 12.3. The second-order valence-electron chi connectivity index (χ2n) is 4.56. The lowest BCUT2D eigenvalue weighted by atomic mass is 10.2. The molecule has 1 aromatic carbocycles. The van der Waals surface area contributed by atoms with Crippen molar-refractivity contribution >= 4 is 15.9 Å². The van der Waals surface area contributed by atoms with Crippen LogP contribution in [0.1, 0.15) is 10.4 Å². The summed E-state index contributed by atoms with van der Waals surface area (Å²) in [5, 5.41) is 21.3. The van der Waals surface area contributed by atoms with Gasteiger partial charge in [-0.3, -0.25) is 4.79 Å². The Balaban J connectivity index is 2.24. The molecular formula is C12H16N2O5S. The zero-order chi connectivity index (χ0) is 14.9. The van der Waals surface area contributed by atoms with Gasteiger partial charge in [-0.15, -0.1) is 0 Å². The summed E-state index contributed by atoms with van der Waals surface area (Å²) in [4.78, 5) is 11.4. The number of carbonyl (C=O) groups is 1. The van der Waals surface area contributed by atoms with Crippen molar-refractivity contribution in [3.8, 4) is 0 Å². The van der Waals surface area contributed by atoms with Crippen LogP contribution < -0.4 is 5.32 Å². The Kier molecular flexibility index (Phi) is 4.09. The van der Waals surface area contributed by atoms with Gasteiger partial charge in [-0.25, -0.2) is 8.42 Å². The minimum atomic E-state index is -3.77. The van der Waals surface area contributed by atoms with Gasteiger partial charge in [-0.2, -0.15) is 4.31 Å². The largest absolute Gasteiger partial charge is 0.389 e. The summed E-state index contributed by atoms with van der Waals surface area (Å²) < 4.78 is 25.6. The molecule has 1 aliphatic rings. The van der Waals surface area contributed by atoms with E-state index in [1.165, 1.54) is 31.3 Å². The van der Waals surface area contributed by atoms with Crippen LogP contribution in [0.5, 0.6) is 0 Å². The highest BCUT2D eigenvalue weighted by Crippen LogP contribution is 2.21. The van der Waals surface area contributed by atoms with Crippen LogP contribution >= 0.6 is 0 Å². The lowest BCUT2D eigenvalue weighted by Crippen LogP contribution is -2.30. The van der Waals surface area contributed by atoms with Gasteiger partial charge in [0.15, 0.2) is 0 Å². The maximum Gasteiger partial charge on any atom is 0.251 e. The van der Waals surface area contributed by atoms with E-state index >= 15 is 0 Å².